The quantitative estimate of drug-likeness (QED) is 0.390. The highest BCUT2D eigenvalue weighted by Crippen LogP contribution is 2.13. The lowest BCUT2D eigenvalue weighted by Gasteiger charge is -2.12. The Hall–Kier alpha value is -0.600. The Morgan fingerprint density at radius 1 is 1.58 bits per heavy atom. The first-order valence-corrected chi connectivity index (χ1v) is 4.19. The lowest BCUT2D eigenvalue weighted by atomic mass is 10.0. The average Bonchev–Trinajstić information content (AvgIpc) is 2.04. The summed E-state index contributed by atoms with van der Waals surface area (Å²) in [4.78, 5) is 4.28. The minimum absolute atomic E-state index is 0.222. The first kappa shape index (κ1) is 11.4. The van der Waals surface area contributed by atoms with Crippen LogP contribution in [-0.2, 0) is 4.89 Å². The van der Waals surface area contributed by atoms with Crippen molar-refractivity contribution in [3.8, 4) is 0 Å². The van der Waals surface area contributed by atoms with Crippen molar-refractivity contribution in [2.45, 2.75) is 39.7 Å². The van der Waals surface area contributed by atoms with Crippen molar-refractivity contribution in [3.63, 3.8) is 0 Å². The van der Waals surface area contributed by atoms with Crippen LogP contribution in [0.25, 0.3) is 0 Å². The van der Waals surface area contributed by atoms with Crippen molar-refractivity contribution in [1.82, 2.24) is 0 Å². The molecule has 1 N–H and O–H groups in total. The topological polar surface area (TPSA) is 29.5 Å². The zero-order valence-corrected chi connectivity index (χ0v) is 8.13. The van der Waals surface area contributed by atoms with Gasteiger partial charge in [0.2, 0.25) is 0 Å². The first-order valence-electron chi connectivity index (χ1n) is 4.19. The molecular weight excluding hydrogens is 152 g/mol. The van der Waals surface area contributed by atoms with Crippen LogP contribution in [-0.4, -0.2) is 11.4 Å². The van der Waals surface area contributed by atoms with Crippen LogP contribution in [0.5, 0.6) is 0 Å². The molecule has 0 rings (SSSR count). The summed E-state index contributed by atoms with van der Waals surface area (Å²) in [6.45, 7) is 9.65. The fourth-order valence-corrected chi connectivity index (χ4v) is 0.892. The summed E-state index contributed by atoms with van der Waals surface area (Å²) in [5.41, 5.74) is 2.17. The molecule has 0 aromatic rings. The van der Waals surface area contributed by atoms with E-state index < -0.39 is 0 Å². The molecule has 70 valence electrons. The molecule has 1 atom stereocenters. The molecular formula is C10H18O2. The third-order valence-corrected chi connectivity index (χ3v) is 1.97. The molecule has 1 unspecified atom stereocenters. The van der Waals surface area contributed by atoms with E-state index in [9.17, 15) is 0 Å². The van der Waals surface area contributed by atoms with E-state index in [-0.39, 0.29) is 6.10 Å². The zero-order valence-electron chi connectivity index (χ0n) is 8.13. The fourth-order valence-electron chi connectivity index (χ4n) is 0.892. The molecule has 0 aromatic carbocycles. The van der Waals surface area contributed by atoms with Gasteiger partial charge in [-0.15, -0.1) is 0 Å². The van der Waals surface area contributed by atoms with Gasteiger partial charge < -0.3 is 0 Å². The molecule has 0 spiro atoms. The summed E-state index contributed by atoms with van der Waals surface area (Å²) in [6.07, 6.45) is 3.57. The third-order valence-electron chi connectivity index (χ3n) is 1.97. The number of hydrogen-bond donors (Lipinski definition) is 1. The molecule has 0 aliphatic rings. The molecule has 0 saturated carbocycles. The van der Waals surface area contributed by atoms with Gasteiger partial charge in [-0.05, 0) is 39.2 Å². The summed E-state index contributed by atoms with van der Waals surface area (Å²) in [6, 6.07) is 0. The fraction of sp³-hybridized carbons (Fsp3) is 0.600. The van der Waals surface area contributed by atoms with Crippen LogP contribution in [0.4, 0.5) is 0 Å². The van der Waals surface area contributed by atoms with Crippen molar-refractivity contribution in [2.75, 3.05) is 0 Å². The smallest absolute Gasteiger partial charge is 0.113 e. The first-order chi connectivity index (χ1) is 5.61. The van der Waals surface area contributed by atoms with Gasteiger partial charge in [-0.25, -0.2) is 4.89 Å². The van der Waals surface area contributed by atoms with Crippen LogP contribution in [0.15, 0.2) is 23.8 Å². The number of rotatable bonds is 5. The minimum Gasteiger partial charge on any atom is -0.251 e. The van der Waals surface area contributed by atoms with Gasteiger partial charge in [0.15, 0.2) is 0 Å². The minimum atomic E-state index is -0.222. The monoisotopic (exact) mass is 170 g/mol. The summed E-state index contributed by atoms with van der Waals surface area (Å²) < 4.78 is 0. The lowest BCUT2D eigenvalue weighted by Crippen LogP contribution is -2.11. The second kappa shape index (κ2) is 5.98. The molecule has 0 aromatic heterocycles. The maximum Gasteiger partial charge on any atom is 0.113 e. The predicted molar refractivity (Wildman–Crippen MR) is 51.0 cm³/mol. The number of hydrogen-bond acceptors (Lipinski definition) is 2. The van der Waals surface area contributed by atoms with Crippen LogP contribution in [0.2, 0.25) is 0 Å². The van der Waals surface area contributed by atoms with Gasteiger partial charge in [-0.3, -0.25) is 5.26 Å². The van der Waals surface area contributed by atoms with E-state index in [0.717, 1.165) is 18.4 Å². The summed E-state index contributed by atoms with van der Waals surface area (Å²) >= 11 is 0. The average molecular weight is 170 g/mol. The van der Waals surface area contributed by atoms with Gasteiger partial charge in [0, 0.05) is 0 Å². The van der Waals surface area contributed by atoms with Crippen LogP contribution in [0.1, 0.15) is 33.6 Å². The molecule has 0 fully saturated rings. The van der Waals surface area contributed by atoms with Gasteiger partial charge in [0.05, 0.1) is 0 Å². The Labute approximate surface area is 74.5 Å². The van der Waals surface area contributed by atoms with Crippen LogP contribution in [0, 0.1) is 0 Å². The van der Waals surface area contributed by atoms with Gasteiger partial charge in [0.1, 0.15) is 6.10 Å². The molecule has 2 nitrogen and oxygen atoms in total. The SMILES string of the molecule is C=C(C)C(CCC(C)=CC)OO. The summed E-state index contributed by atoms with van der Waals surface area (Å²) in [7, 11) is 0. The highest BCUT2D eigenvalue weighted by Gasteiger charge is 2.08. The molecule has 2 heteroatoms. The Morgan fingerprint density at radius 3 is 2.50 bits per heavy atom. The Kier molecular flexibility index (Phi) is 5.68. The van der Waals surface area contributed by atoms with Crippen LogP contribution < -0.4 is 0 Å². The molecule has 0 bridgehead atoms. The predicted octanol–water partition coefficient (Wildman–Crippen LogP) is 3.17. The highest BCUT2D eigenvalue weighted by atomic mass is 17.1. The second-order valence-corrected chi connectivity index (χ2v) is 3.11. The Balaban J connectivity index is 3.81. The Morgan fingerprint density at radius 2 is 2.17 bits per heavy atom. The van der Waals surface area contributed by atoms with E-state index in [2.05, 4.69) is 24.5 Å². The molecule has 0 aliphatic carbocycles. The van der Waals surface area contributed by atoms with Gasteiger partial charge in [0.25, 0.3) is 0 Å². The summed E-state index contributed by atoms with van der Waals surface area (Å²) in [5, 5.41) is 8.50. The van der Waals surface area contributed by atoms with Crippen molar-refractivity contribution in [3.05, 3.63) is 23.8 Å². The van der Waals surface area contributed by atoms with E-state index in [0.29, 0.717) is 0 Å². The van der Waals surface area contributed by atoms with E-state index in [1.54, 1.807) is 0 Å². The van der Waals surface area contributed by atoms with E-state index in [1.165, 1.54) is 5.57 Å². The molecule has 0 saturated heterocycles. The Bertz CT molecular complexity index is 171. The van der Waals surface area contributed by atoms with Crippen molar-refractivity contribution in [1.29, 1.82) is 0 Å². The molecule has 0 radical (unpaired) electrons. The van der Waals surface area contributed by atoms with Crippen molar-refractivity contribution in [2.24, 2.45) is 0 Å². The van der Waals surface area contributed by atoms with E-state index in [1.807, 2.05) is 13.8 Å². The largest absolute Gasteiger partial charge is 0.251 e. The lowest BCUT2D eigenvalue weighted by molar-refractivity contribution is -0.269. The second-order valence-electron chi connectivity index (χ2n) is 3.11. The number of allylic oxidation sites excluding steroid dienone is 2. The summed E-state index contributed by atoms with van der Waals surface area (Å²) in [5.74, 6) is 0. The zero-order chi connectivity index (χ0) is 9.56. The van der Waals surface area contributed by atoms with Gasteiger partial charge >= 0.3 is 0 Å². The van der Waals surface area contributed by atoms with Crippen molar-refractivity contribution >= 4 is 0 Å². The van der Waals surface area contributed by atoms with E-state index >= 15 is 0 Å². The van der Waals surface area contributed by atoms with Gasteiger partial charge in [-0.1, -0.05) is 18.2 Å². The third kappa shape index (κ3) is 4.31. The molecule has 0 amide bonds. The van der Waals surface area contributed by atoms with Crippen molar-refractivity contribution < 1.29 is 10.1 Å². The molecule has 0 heterocycles. The normalized spacial score (nSPS) is 14.5. The molecule has 0 aliphatic heterocycles. The maximum absolute atomic E-state index is 8.50. The van der Waals surface area contributed by atoms with Crippen LogP contribution in [0.3, 0.4) is 0 Å². The van der Waals surface area contributed by atoms with E-state index in [4.69, 9.17) is 5.26 Å². The van der Waals surface area contributed by atoms with Gasteiger partial charge in [-0.2, -0.15) is 0 Å². The maximum atomic E-state index is 8.50. The standard InChI is InChI=1S/C10H18O2/c1-5-9(4)6-7-10(12-11)8(2)3/h5,10-11H,2,6-7H2,1,3-4H3. The molecule has 12 heavy (non-hydrogen) atoms. The highest BCUT2D eigenvalue weighted by molar-refractivity contribution is 5.01. The van der Waals surface area contributed by atoms with Crippen LogP contribution >= 0.6 is 0 Å².